The van der Waals surface area contributed by atoms with Gasteiger partial charge in [-0.2, -0.15) is 21.7 Å². The Labute approximate surface area is 169 Å². The third kappa shape index (κ3) is 4.19. The monoisotopic (exact) mass is 422 g/mol. The molecule has 10 nitrogen and oxygen atoms in total. The van der Waals surface area contributed by atoms with Crippen LogP contribution in [0.15, 0.2) is 29.1 Å². The zero-order valence-corrected chi connectivity index (χ0v) is 17.5. The molecule has 1 aromatic heterocycles. The summed E-state index contributed by atoms with van der Waals surface area (Å²) in [4.78, 5) is 14.6. The maximum Gasteiger partial charge on any atom is 0.282 e. The smallest absolute Gasteiger partial charge is 0.282 e. The van der Waals surface area contributed by atoms with Gasteiger partial charge in [-0.05, 0) is 26.0 Å². The summed E-state index contributed by atoms with van der Waals surface area (Å²) in [6.07, 6.45) is -0.235. The lowest BCUT2D eigenvalue weighted by molar-refractivity contribution is -0.0458. The molecule has 0 aliphatic carbocycles. The molecule has 158 valence electrons. The van der Waals surface area contributed by atoms with Gasteiger partial charge in [0.2, 0.25) is 0 Å². The standard InChI is InChI=1S/C18H26N6O4S/c1-14-11-23(12-15(2)28-14)29(26,27)22-9-7-21(8-10-22)13-24-18(25)16-5-3-4-6-17(16)19-20-24/h3-6,14-15H,7-13H2,1-2H3/t14-,15-/m0/s1. The predicted octanol–water partition coefficient (Wildman–Crippen LogP) is -0.279. The lowest BCUT2D eigenvalue weighted by Gasteiger charge is -2.40. The SMILES string of the molecule is C[C@H]1CN(S(=O)(=O)N2CCN(Cn3nnc4ccccc4c3=O)CC2)C[C@H](C)O1. The van der Waals surface area contributed by atoms with Gasteiger partial charge in [0.25, 0.3) is 15.8 Å². The Kier molecular flexibility index (Phi) is 5.67. The molecule has 3 heterocycles. The van der Waals surface area contributed by atoms with E-state index in [0.29, 0.717) is 50.2 Å². The molecule has 2 saturated heterocycles. The first kappa shape index (κ1) is 20.4. The van der Waals surface area contributed by atoms with Crippen LogP contribution in [0.5, 0.6) is 0 Å². The van der Waals surface area contributed by atoms with Crippen molar-refractivity contribution in [3.8, 4) is 0 Å². The topological polar surface area (TPSA) is 101 Å². The summed E-state index contributed by atoms with van der Waals surface area (Å²) in [5.74, 6) is 0. The molecule has 0 unspecified atom stereocenters. The first-order chi connectivity index (χ1) is 13.8. The van der Waals surface area contributed by atoms with E-state index in [1.165, 1.54) is 13.3 Å². The fraction of sp³-hybridized carbons (Fsp3) is 0.611. The number of hydrogen-bond acceptors (Lipinski definition) is 7. The van der Waals surface area contributed by atoms with Crippen molar-refractivity contribution in [3.63, 3.8) is 0 Å². The fourth-order valence-corrected chi connectivity index (χ4v) is 5.64. The number of ether oxygens (including phenoxy) is 1. The van der Waals surface area contributed by atoms with E-state index < -0.39 is 10.2 Å². The highest BCUT2D eigenvalue weighted by atomic mass is 32.2. The molecule has 4 rings (SSSR count). The highest BCUT2D eigenvalue weighted by molar-refractivity contribution is 7.86. The fourth-order valence-electron chi connectivity index (χ4n) is 3.89. The van der Waals surface area contributed by atoms with E-state index in [1.807, 2.05) is 24.8 Å². The minimum Gasteiger partial charge on any atom is -0.373 e. The molecule has 2 aliphatic rings. The number of aromatic nitrogens is 3. The molecule has 0 bridgehead atoms. The second kappa shape index (κ2) is 8.07. The summed E-state index contributed by atoms with van der Waals surface area (Å²) in [6.45, 7) is 6.60. The number of nitrogens with zero attached hydrogens (tertiary/aromatic N) is 6. The van der Waals surface area contributed by atoms with Crippen LogP contribution in [0, 0.1) is 0 Å². The molecular formula is C18H26N6O4S. The van der Waals surface area contributed by atoms with Crippen molar-refractivity contribution in [1.82, 2.24) is 28.5 Å². The highest BCUT2D eigenvalue weighted by Gasteiger charge is 2.36. The molecule has 2 fully saturated rings. The van der Waals surface area contributed by atoms with Gasteiger partial charge in [0, 0.05) is 39.3 Å². The summed E-state index contributed by atoms with van der Waals surface area (Å²) in [5.41, 5.74) is 0.376. The number of fused-ring (bicyclic) bond motifs is 1. The highest BCUT2D eigenvalue weighted by Crippen LogP contribution is 2.19. The summed E-state index contributed by atoms with van der Waals surface area (Å²) in [6, 6.07) is 7.10. The van der Waals surface area contributed by atoms with E-state index >= 15 is 0 Å². The molecule has 2 aliphatic heterocycles. The quantitative estimate of drug-likeness (QED) is 0.668. The Bertz CT molecular complexity index is 1020. The van der Waals surface area contributed by atoms with E-state index in [2.05, 4.69) is 10.3 Å². The summed E-state index contributed by atoms with van der Waals surface area (Å²) < 4.78 is 36.0. The van der Waals surface area contributed by atoms with Gasteiger partial charge in [0.15, 0.2) is 0 Å². The van der Waals surface area contributed by atoms with Crippen LogP contribution < -0.4 is 5.56 Å². The molecule has 0 radical (unpaired) electrons. The number of hydrogen-bond donors (Lipinski definition) is 0. The summed E-state index contributed by atoms with van der Waals surface area (Å²) in [5, 5.41) is 8.64. The van der Waals surface area contributed by atoms with Crippen LogP contribution in [0.3, 0.4) is 0 Å². The zero-order valence-electron chi connectivity index (χ0n) is 16.6. The number of morpholine rings is 1. The molecule has 0 amide bonds. The van der Waals surface area contributed by atoms with Crippen LogP contribution in [-0.4, -0.2) is 88.4 Å². The Balaban J connectivity index is 1.41. The largest absolute Gasteiger partial charge is 0.373 e. The molecular weight excluding hydrogens is 396 g/mol. The second-order valence-electron chi connectivity index (χ2n) is 7.65. The van der Waals surface area contributed by atoms with Crippen LogP contribution in [0.25, 0.3) is 10.9 Å². The third-order valence-electron chi connectivity index (χ3n) is 5.33. The Morgan fingerprint density at radius 1 is 1.03 bits per heavy atom. The van der Waals surface area contributed by atoms with Crippen molar-refractivity contribution in [1.29, 1.82) is 0 Å². The van der Waals surface area contributed by atoms with E-state index in [9.17, 15) is 13.2 Å². The molecule has 0 saturated carbocycles. The first-order valence-corrected chi connectivity index (χ1v) is 11.2. The van der Waals surface area contributed by atoms with Gasteiger partial charge in [-0.3, -0.25) is 9.69 Å². The molecule has 0 N–H and O–H groups in total. The molecule has 11 heteroatoms. The third-order valence-corrected chi connectivity index (χ3v) is 7.30. The van der Waals surface area contributed by atoms with Gasteiger partial charge in [-0.1, -0.05) is 17.3 Å². The minimum absolute atomic E-state index is 0.117. The van der Waals surface area contributed by atoms with Crippen molar-refractivity contribution in [3.05, 3.63) is 34.6 Å². The Morgan fingerprint density at radius 3 is 2.38 bits per heavy atom. The number of benzene rings is 1. The van der Waals surface area contributed by atoms with Crippen LogP contribution in [-0.2, 0) is 21.6 Å². The van der Waals surface area contributed by atoms with Gasteiger partial charge in [0.1, 0.15) is 5.52 Å². The molecule has 2 aromatic rings. The zero-order chi connectivity index (χ0) is 20.6. The lowest BCUT2D eigenvalue weighted by Crippen LogP contribution is -2.57. The van der Waals surface area contributed by atoms with Crippen LogP contribution in [0.4, 0.5) is 0 Å². The van der Waals surface area contributed by atoms with Gasteiger partial charge < -0.3 is 4.74 Å². The van der Waals surface area contributed by atoms with Crippen LogP contribution in [0.2, 0.25) is 0 Å². The molecule has 1 aromatic carbocycles. The van der Waals surface area contributed by atoms with E-state index in [1.54, 1.807) is 18.2 Å². The molecule has 0 spiro atoms. The van der Waals surface area contributed by atoms with E-state index in [-0.39, 0.29) is 24.4 Å². The Morgan fingerprint density at radius 2 is 1.69 bits per heavy atom. The summed E-state index contributed by atoms with van der Waals surface area (Å²) in [7, 11) is -3.52. The van der Waals surface area contributed by atoms with Gasteiger partial charge in [-0.25, -0.2) is 0 Å². The predicted molar refractivity (Wildman–Crippen MR) is 107 cm³/mol. The van der Waals surface area contributed by atoms with Gasteiger partial charge in [-0.15, -0.1) is 5.10 Å². The van der Waals surface area contributed by atoms with Crippen molar-refractivity contribution in [2.45, 2.75) is 32.7 Å². The van der Waals surface area contributed by atoms with E-state index in [0.717, 1.165) is 0 Å². The maximum absolute atomic E-state index is 13.0. The van der Waals surface area contributed by atoms with Gasteiger partial charge in [0.05, 0.1) is 24.3 Å². The molecule has 29 heavy (non-hydrogen) atoms. The second-order valence-corrected chi connectivity index (χ2v) is 9.58. The average Bonchev–Trinajstić information content (AvgIpc) is 2.70. The summed E-state index contributed by atoms with van der Waals surface area (Å²) >= 11 is 0. The first-order valence-electron chi connectivity index (χ1n) is 9.80. The average molecular weight is 423 g/mol. The van der Waals surface area contributed by atoms with Crippen molar-refractivity contribution < 1.29 is 13.2 Å². The maximum atomic E-state index is 13.0. The molecule has 2 atom stereocenters. The Hall–Kier alpha value is -1.92. The van der Waals surface area contributed by atoms with Crippen molar-refractivity contribution >= 4 is 21.1 Å². The van der Waals surface area contributed by atoms with Crippen LogP contribution >= 0.6 is 0 Å². The van der Waals surface area contributed by atoms with E-state index in [4.69, 9.17) is 4.74 Å². The normalized spacial score (nSPS) is 25.4. The minimum atomic E-state index is -3.52. The van der Waals surface area contributed by atoms with Crippen LogP contribution in [0.1, 0.15) is 13.8 Å². The number of piperazine rings is 1. The lowest BCUT2D eigenvalue weighted by atomic mass is 10.2. The number of rotatable bonds is 4. The van der Waals surface area contributed by atoms with Crippen molar-refractivity contribution in [2.75, 3.05) is 39.3 Å². The van der Waals surface area contributed by atoms with Crippen molar-refractivity contribution in [2.24, 2.45) is 0 Å². The van der Waals surface area contributed by atoms with Gasteiger partial charge >= 0.3 is 0 Å².